The van der Waals surface area contributed by atoms with Crippen molar-refractivity contribution < 1.29 is 14.7 Å². The summed E-state index contributed by atoms with van der Waals surface area (Å²) in [6.45, 7) is 3.41. The zero-order chi connectivity index (χ0) is 16.0. The number of aromatic carboxylic acids is 1. The lowest BCUT2D eigenvalue weighted by Crippen LogP contribution is -2.03. The van der Waals surface area contributed by atoms with Gasteiger partial charge >= 0.3 is 5.97 Å². The average Bonchev–Trinajstić information content (AvgIpc) is 2.88. The number of anilines is 2. The van der Waals surface area contributed by atoms with Gasteiger partial charge in [0, 0.05) is 28.3 Å². The molecule has 1 aromatic heterocycles. The van der Waals surface area contributed by atoms with Gasteiger partial charge in [-0.2, -0.15) is 0 Å². The molecule has 2 heterocycles. The Bertz CT molecular complexity index is 847. The predicted octanol–water partition coefficient (Wildman–Crippen LogP) is 2.40. The van der Waals surface area contributed by atoms with Gasteiger partial charge in [-0.25, -0.2) is 4.79 Å². The maximum Gasteiger partial charge on any atom is 0.337 e. The molecule has 1 aliphatic heterocycles. The Morgan fingerprint density at radius 3 is 2.68 bits per heavy atom. The second-order valence-corrected chi connectivity index (χ2v) is 5.29. The largest absolute Gasteiger partial charge is 0.478 e. The normalized spacial score (nSPS) is 15.0. The lowest BCUT2D eigenvalue weighted by molar-refractivity contribution is -0.110. The van der Waals surface area contributed by atoms with Crippen LogP contribution in [0, 0.1) is 13.8 Å². The van der Waals surface area contributed by atoms with Gasteiger partial charge in [0.05, 0.1) is 11.1 Å². The number of carbonyl (C=O) groups excluding carboxylic acids is 1. The lowest BCUT2D eigenvalue weighted by Gasteiger charge is -2.00. The summed E-state index contributed by atoms with van der Waals surface area (Å²) in [6.07, 6.45) is 1.66. The van der Waals surface area contributed by atoms with Gasteiger partial charge in [0.15, 0.2) is 0 Å². The number of hydrogen-bond acceptors (Lipinski definition) is 3. The van der Waals surface area contributed by atoms with Crippen LogP contribution in [0.15, 0.2) is 18.2 Å². The molecule has 0 atom stereocenters. The number of rotatable bonds is 2. The Morgan fingerprint density at radius 2 is 2.05 bits per heavy atom. The van der Waals surface area contributed by atoms with Crippen molar-refractivity contribution in [2.24, 2.45) is 0 Å². The number of H-pyrrole nitrogens is 1. The van der Waals surface area contributed by atoms with Gasteiger partial charge in [0.25, 0.3) is 5.91 Å². The zero-order valence-electron chi connectivity index (χ0n) is 12.2. The van der Waals surface area contributed by atoms with E-state index in [1.54, 1.807) is 38.1 Å². The van der Waals surface area contributed by atoms with Crippen LogP contribution >= 0.6 is 0 Å². The summed E-state index contributed by atoms with van der Waals surface area (Å²) in [4.78, 5) is 26.4. The van der Waals surface area contributed by atoms with Crippen LogP contribution in [0.25, 0.3) is 11.6 Å². The van der Waals surface area contributed by atoms with E-state index in [9.17, 15) is 14.7 Å². The molecule has 0 saturated heterocycles. The van der Waals surface area contributed by atoms with Gasteiger partial charge in [-0.05, 0) is 43.7 Å². The van der Waals surface area contributed by atoms with Crippen LogP contribution in [0.5, 0.6) is 0 Å². The van der Waals surface area contributed by atoms with Crippen LogP contribution < -0.4 is 11.1 Å². The molecule has 5 N–H and O–H groups in total. The van der Waals surface area contributed by atoms with Crippen LogP contribution in [0.2, 0.25) is 0 Å². The molecule has 0 unspecified atom stereocenters. The van der Waals surface area contributed by atoms with Crippen LogP contribution in [0.4, 0.5) is 11.4 Å². The summed E-state index contributed by atoms with van der Waals surface area (Å²) in [5, 5.41) is 12.0. The number of nitrogens with one attached hydrogen (secondary N) is 2. The molecule has 0 spiro atoms. The fourth-order valence-corrected chi connectivity index (χ4v) is 2.73. The molecule has 0 saturated carbocycles. The standard InChI is InChI=1S/C16H15N3O3/c1-7-13(18-8(2)14(7)16(21)22)6-11-10-5-9(17)3-4-12(10)19-15(11)20/h3-6,18H,17H2,1-2H3,(H,19,20)(H,21,22)/b11-6-. The van der Waals surface area contributed by atoms with Crippen LogP contribution in [0.1, 0.15) is 32.9 Å². The maximum absolute atomic E-state index is 12.1. The van der Waals surface area contributed by atoms with Crippen molar-refractivity contribution in [3.63, 3.8) is 0 Å². The quantitative estimate of drug-likeness (QED) is 0.504. The van der Waals surface area contributed by atoms with Crippen LogP contribution in [-0.2, 0) is 4.79 Å². The first kappa shape index (κ1) is 13.9. The minimum Gasteiger partial charge on any atom is -0.478 e. The number of aryl methyl sites for hydroxylation is 1. The number of carbonyl (C=O) groups is 2. The van der Waals surface area contributed by atoms with Crippen LogP contribution in [-0.4, -0.2) is 22.0 Å². The number of fused-ring (bicyclic) bond motifs is 1. The van der Waals surface area contributed by atoms with Crippen LogP contribution in [0.3, 0.4) is 0 Å². The third-order valence-electron chi connectivity index (χ3n) is 3.81. The molecule has 1 aromatic carbocycles. The van der Waals surface area contributed by atoms with E-state index in [1.807, 2.05) is 0 Å². The highest BCUT2D eigenvalue weighted by atomic mass is 16.4. The highest BCUT2D eigenvalue weighted by molar-refractivity contribution is 6.35. The molecular formula is C16H15N3O3. The number of hydrogen-bond donors (Lipinski definition) is 4. The van der Waals surface area contributed by atoms with Gasteiger partial charge in [-0.15, -0.1) is 0 Å². The summed E-state index contributed by atoms with van der Waals surface area (Å²) in [5.41, 5.74) is 10.2. The molecule has 0 bridgehead atoms. The smallest absolute Gasteiger partial charge is 0.337 e. The fraction of sp³-hybridized carbons (Fsp3) is 0.125. The van der Waals surface area contributed by atoms with E-state index >= 15 is 0 Å². The second kappa shape index (κ2) is 4.77. The van der Waals surface area contributed by atoms with Crippen molar-refractivity contribution >= 4 is 34.9 Å². The summed E-state index contributed by atoms with van der Waals surface area (Å²) in [6, 6.07) is 5.19. The average molecular weight is 297 g/mol. The number of benzene rings is 1. The third-order valence-corrected chi connectivity index (χ3v) is 3.81. The van der Waals surface area contributed by atoms with Crippen molar-refractivity contribution in [1.82, 2.24) is 4.98 Å². The molecule has 6 heteroatoms. The first-order valence-corrected chi connectivity index (χ1v) is 6.74. The molecule has 112 valence electrons. The minimum absolute atomic E-state index is 0.232. The number of carboxylic acids is 1. The fourth-order valence-electron chi connectivity index (χ4n) is 2.73. The summed E-state index contributed by atoms with van der Waals surface area (Å²) >= 11 is 0. The Labute approximate surface area is 126 Å². The molecule has 0 fully saturated rings. The summed E-state index contributed by atoms with van der Waals surface area (Å²) in [7, 11) is 0. The molecule has 22 heavy (non-hydrogen) atoms. The molecule has 0 radical (unpaired) electrons. The highest BCUT2D eigenvalue weighted by Gasteiger charge is 2.25. The van der Waals surface area contributed by atoms with Gasteiger partial charge in [-0.1, -0.05) is 0 Å². The number of carboxylic acid groups (broad SMARTS) is 1. The van der Waals surface area contributed by atoms with E-state index < -0.39 is 5.97 Å². The number of aromatic nitrogens is 1. The number of aromatic amines is 1. The summed E-state index contributed by atoms with van der Waals surface area (Å²) < 4.78 is 0. The number of nitrogen functional groups attached to an aromatic ring is 1. The third kappa shape index (κ3) is 2.05. The van der Waals surface area contributed by atoms with Crippen molar-refractivity contribution in [3.8, 4) is 0 Å². The van der Waals surface area contributed by atoms with Gasteiger partial charge in [0.2, 0.25) is 0 Å². The van der Waals surface area contributed by atoms with E-state index in [2.05, 4.69) is 10.3 Å². The van der Waals surface area contributed by atoms with Crippen molar-refractivity contribution in [2.75, 3.05) is 11.1 Å². The molecule has 0 aliphatic carbocycles. The Kier molecular flexibility index (Phi) is 3.02. The lowest BCUT2D eigenvalue weighted by atomic mass is 10.0. The van der Waals surface area contributed by atoms with Crippen molar-refractivity contribution in [1.29, 1.82) is 0 Å². The van der Waals surface area contributed by atoms with E-state index in [1.165, 1.54) is 0 Å². The SMILES string of the molecule is Cc1[nH]c(/C=C2\C(=O)Nc3ccc(N)cc32)c(C)c1C(=O)O. The van der Waals surface area contributed by atoms with Crippen molar-refractivity contribution in [3.05, 3.63) is 46.3 Å². The first-order valence-electron chi connectivity index (χ1n) is 6.74. The first-order chi connectivity index (χ1) is 10.4. The van der Waals surface area contributed by atoms with E-state index in [0.717, 1.165) is 0 Å². The number of nitrogens with two attached hydrogens (primary N) is 1. The highest BCUT2D eigenvalue weighted by Crippen LogP contribution is 2.35. The van der Waals surface area contributed by atoms with Crippen molar-refractivity contribution in [2.45, 2.75) is 13.8 Å². The Balaban J connectivity index is 2.15. The molecular weight excluding hydrogens is 282 g/mol. The van der Waals surface area contributed by atoms with Gasteiger partial charge < -0.3 is 21.1 Å². The molecule has 6 nitrogen and oxygen atoms in total. The minimum atomic E-state index is -0.989. The second-order valence-electron chi connectivity index (χ2n) is 5.29. The predicted molar refractivity (Wildman–Crippen MR) is 84.6 cm³/mol. The molecule has 1 amide bonds. The monoisotopic (exact) mass is 297 g/mol. The Morgan fingerprint density at radius 1 is 1.32 bits per heavy atom. The van der Waals surface area contributed by atoms with Gasteiger partial charge in [0.1, 0.15) is 0 Å². The van der Waals surface area contributed by atoms with E-state index in [4.69, 9.17) is 5.73 Å². The number of amides is 1. The molecule has 1 aliphatic rings. The van der Waals surface area contributed by atoms with E-state index in [-0.39, 0.29) is 11.5 Å². The zero-order valence-corrected chi connectivity index (χ0v) is 12.2. The maximum atomic E-state index is 12.1. The topological polar surface area (TPSA) is 108 Å². The molecule has 2 aromatic rings. The summed E-state index contributed by atoms with van der Waals surface area (Å²) in [5.74, 6) is -1.22. The van der Waals surface area contributed by atoms with Gasteiger partial charge in [-0.3, -0.25) is 4.79 Å². The Hall–Kier alpha value is -3.02. The van der Waals surface area contributed by atoms with E-state index in [0.29, 0.717) is 39.5 Å². The molecule has 3 rings (SSSR count).